The van der Waals surface area contributed by atoms with E-state index in [1.807, 2.05) is 31.2 Å². The van der Waals surface area contributed by atoms with Crippen molar-refractivity contribution in [2.24, 2.45) is 0 Å². The maximum Gasteiger partial charge on any atom is 0.285 e. The highest BCUT2D eigenvalue weighted by Gasteiger charge is 2.33. The topological polar surface area (TPSA) is 87.7 Å². The molecule has 0 bridgehead atoms. The lowest BCUT2D eigenvalue weighted by Crippen LogP contribution is -2.44. The van der Waals surface area contributed by atoms with E-state index >= 15 is 0 Å². The van der Waals surface area contributed by atoms with E-state index in [4.69, 9.17) is 17.0 Å². The van der Waals surface area contributed by atoms with E-state index in [-0.39, 0.29) is 16.8 Å². The molecule has 2 N–H and O–H groups in total. The summed E-state index contributed by atoms with van der Waals surface area (Å²) in [5, 5.41) is 3.86. The first-order chi connectivity index (χ1) is 16.9. The first-order valence-electron chi connectivity index (χ1n) is 10.6. The predicted octanol–water partition coefficient (Wildman–Crippen LogP) is 4.56. The molecule has 1 heterocycles. The van der Waals surface area contributed by atoms with E-state index in [1.165, 1.54) is 0 Å². The first-order valence-corrected chi connectivity index (χ1v) is 11.8. The fourth-order valence-corrected chi connectivity index (χ4v) is 4.38. The number of hydrogen-bond donors (Lipinski definition) is 2. The van der Waals surface area contributed by atoms with Gasteiger partial charge in [0.2, 0.25) is 0 Å². The molecule has 3 aromatic rings. The van der Waals surface area contributed by atoms with Crippen LogP contribution in [0.5, 0.6) is 5.75 Å². The van der Waals surface area contributed by atoms with Crippen LogP contribution in [-0.2, 0) is 9.59 Å². The van der Waals surface area contributed by atoms with Crippen LogP contribution in [0, 0.1) is 6.92 Å². The van der Waals surface area contributed by atoms with Gasteiger partial charge in [0, 0.05) is 11.3 Å². The third-order valence-corrected chi connectivity index (χ3v) is 6.19. The van der Waals surface area contributed by atoms with Gasteiger partial charge in [-0.15, -0.1) is 0 Å². The second-order valence-electron chi connectivity index (χ2n) is 7.60. The molecule has 7 nitrogen and oxygen atoms in total. The van der Waals surface area contributed by atoms with Crippen molar-refractivity contribution in [3.8, 4) is 5.75 Å². The minimum atomic E-state index is -0.420. The molecule has 1 fully saturated rings. The Bertz CT molecular complexity index is 1310. The number of thiocarbonyl (C=S) groups is 1. The number of ether oxygens (including phenoxy) is 1. The Hall–Kier alpha value is -3.95. The third-order valence-electron chi connectivity index (χ3n) is 4.89. The van der Waals surface area contributed by atoms with Gasteiger partial charge >= 0.3 is 0 Å². The molecule has 0 unspecified atom stereocenters. The fourth-order valence-electron chi connectivity index (χ4n) is 3.20. The number of thioether (sulfide) groups is 1. The van der Waals surface area contributed by atoms with Crippen LogP contribution in [-0.4, -0.2) is 33.7 Å². The number of rotatable bonds is 7. The number of nitrogens with zero attached hydrogens (tertiary/aromatic N) is 1. The summed E-state index contributed by atoms with van der Waals surface area (Å²) in [7, 11) is 0. The Morgan fingerprint density at radius 2 is 1.77 bits per heavy atom. The Labute approximate surface area is 212 Å². The number of benzene rings is 3. The minimum absolute atomic E-state index is 0.132. The fraction of sp³-hybridized carbons (Fsp3) is 0.0769. The molecule has 1 saturated heterocycles. The summed E-state index contributed by atoms with van der Waals surface area (Å²) >= 11 is 6.37. The maximum atomic E-state index is 12.8. The molecule has 0 saturated carbocycles. The van der Waals surface area contributed by atoms with Crippen molar-refractivity contribution >= 4 is 57.8 Å². The molecule has 3 amide bonds. The summed E-state index contributed by atoms with van der Waals surface area (Å²) in [5.74, 6) is -0.571. The quantitative estimate of drug-likeness (QED) is 0.363. The van der Waals surface area contributed by atoms with Crippen LogP contribution in [0.15, 0.2) is 83.8 Å². The molecule has 0 spiro atoms. The second-order valence-corrected chi connectivity index (χ2v) is 9.28. The molecule has 0 aromatic heterocycles. The molecular weight excluding hydrogens is 482 g/mol. The summed E-state index contributed by atoms with van der Waals surface area (Å²) < 4.78 is 5.80. The number of anilines is 1. The molecule has 1 aliphatic rings. The molecular formula is C26H21N3O4S2. The van der Waals surface area contributed by atoms with Crippen LogP contribution >= 0.6 is 24.0 Å². The zero-order valence-corrected chi connectivity index (χ0v) is 20.3. The van der Waals surface area contributed by atoms with Gasteiger partial charge in [-0.3, -0.25) is 19.8 Å². The van der Waals surface area contributed by atoms with Gasteiger partial charge in [-0.05, 0) is 72.7 Å². The van der Waals surface area contributed by atoms with Gasteiger partial charge in [-0.1, -0.05) is 54.2 Å². The van der Waals surface area contributed by atoms with Crippen molar-refractivity contribution in [3.63, 3.8) is 0 Å². The van der Waals surface area contributed by atoms with Gasteiger partial charge in [-0.25, -0.2) is 0 Å². The Morgan fingerprint density at radius 3 is 2.49 bits per heavy atom. The standard InChI is InChI=1S/C26H21N3O4S2/c1-17-6-5-9-20(14-17)27-23(30)16-33-21-12-10-18(11-13-21)15-22-25(32)29(26(34)35-22)28-24(31)19-7-3-2-4-8-19/h2-15H,16H2,1H3,(H,27,30)(H,28,31)/b22-15+. The van der Waals surface area contributed by atoms with Gasteiger partial charge in [0.05, 0.1) is 4.91 Å². The van der Waals surface area contributed by atoms with Gasteiger partial charge in [0.25, 0.3) is 17.7 Å². The molecule has 0 radical (unpaired) electrons. The van der Waals surface area contributed by atoms with Crippen molar-refractivity contribution in [2.75, 3.05) is 11.9 Å². The van der Waals surface area contributed by atoms with Gasteiger partial charge in [0.15, 0.2) is 10.9 Å². The van der Waals surface area contributed by atoms with E-state index in [2.05, 4.69) is 10.7 Å². The lowest BCUT2D eigenvalue weighted by atomic mass is 10.2. The largest absolute Gasteiger partial charge is 0.484 e. The van der Waals surface area contributed by atoms with Gasteiger partial charge in [0.1, 0.15) is 5.75 Å². The molecule has 0 atom stereocenters. The number of amides is 3. The summed E-state index contributed by atoms with van der Waals surface area (Å²) in [6.07, 6.45) is 1.68. The average molecular weight is 504 g/mol. The first kappa shape index (κ1) is 24.2. The minimum Gasteiger partial charge on any atom is -0.484 e. The summed E-state index contributed by atoms with van der Waals surface area (Å²) in [4.78, 5) is 37.7. The zero-order chi connectivity index (χ0) is 24.8. The number of hydrogen-bond acceptors (Lipinski definition) is 6. The lowest BCUT2D eigenvalue weighted by molar-refractivity contribution is -0.123. The van der Waals surface area contributed by atoms with Crippen LogP contribution in [0.1, 0.15) is 21.5 Å². The molecule has 3 aromatic carbocycles. The Morgan fingerprint density at radius 1 is 1.03 bits per heavy atom. The lowest BCUT2D eigenvalue weighted by Gasteiger charge is -2.15. The molecule has 0 aliphatic carbocycles. The molecule has 4 rings (SSSR count). The number of aryl methyl sites for hydroxylation is 1. The van der Waals surface area contributed by atoms with Gasteiger partial charge in [-0.2, -0.15) is 5.01 Å². The highest BCUT2D eigenvalue weighted by molar-refractivity contribution is 8.26. The van der Waals surface area contributed by atoms with Crippen LogP contribution in [0.3, 0.4) is 0 Å². The van der Waals surface area contributed by atoms with E-state index in [9.17, 15) is 14.4 Å². The predicted molar refractivity (Wildman–Crippen MR) is 141 cm³/mol. The third kappa shape index (κ3) is 6.34. The van der Waals surface area contributed by atoms with Crippen molar-refractivity contribution < 1.29 is 19.1 Å². The zero-order valence-electron chi connectivity index (χ0n) is 18.7. The van der Waals surface area contributed by atoms with Crippen LogP contribution in [0.2, 0.25) is 0 Å². The van der Waals surface area contributed by atoms with Crippen molar-refractivity contribution in [1.82, 2.24) is 10.4 Å². The number of carbonyl (C=O) groups is 3. The molecule has 35 heavy (non-hydrogen) atoms. The van der Waals surface area contributed by atoms with Gasteiger partial charge < -0.3 is 10.1 Å². The summed E-state index contributed by atoms with van der Waals surface area (Å²) in [6, 6.07) is 23.1. The van der Waals surface area contributed by atoms with Crippen LogP contribution < -0.4 is 15.5 Å². The molecule has 176 valence electrons. The van der Waals surface area contributed by atoms with E-state index in [0.29, 0.717) is 21.9 Å². The van der Waals surface area contributed by atoms with E-state index in [1.54, 1.807) is 60.7 Å². The number of nitrogens with one attached hydrogen (secondary N) is 2. The van der Waals surface area contributed by atoms with Crippen molar-refractivity contribution in [1.29, 1.82) is 0 Å². The molecule has 9 heteroatoms. The molecule has 1 aliphatic heterocycles. The smallest absolute Gasteiger partial charge is 0.285 e. The monoisotopic (exact) mass is 503 g/mol. The van der Waals surface area contributed by atoms with E-state index < -0.39 is 11.8 Å². The SMILES string of the molecule is Cc1cccc(NC(=O)COc2ccc(/C=C3/SC(=S)N(NC(=O)c4ccccc4)C3=O)cc2)c1. The summed E-state index contributed by atoms with van der Waals surface area (Å²) in [6.45, 7) is 1.82. The Kier molecular flexibility index (Phi) is 7.59. The maximum absolute atomic E-state index is 12.8. The highest BCUT2D eigenvalue weighted by Crippen LogP contribution is 2.31. The summed E-state index contributed by atoms with van der Waals surface area (Å²) in [5.41, 5.74) is 5.49. The van der Waals surface area contributed by atoms with Crippen molar-refractivity contribution in [2.45, 2.75) is 6.92 Å². The van der Waals surface area contributed by atoms with Crippen LogP contribution in [0.25, 0.3) is 6.08 Å². The van der Waals surface area contributed by atoms with Crippen molar-refractivity contribution in [3.05, 3.63) is 100 Å². The number of carbonyl (C=O) groups excluding carboxylic acids is 3. The Balaban J connectivity index is 1.33. The highest BCUT2D eigenvalue weighted by atomic mass is 32.2. The van der Waals surface area contributed by atoms with Crippen LogP contribution in [0.4, 0.5) is 5.69 Å². The number of hydrazine groups is 1. The average Bonchev–Trinajstić information content (AvgIpc) is 3.11. The normalized spacial score (nSPS) is 14.2. The van der Waals surface area contributed by atoms with E-state index in [0.717, 1.165) is 27.9 Å². The second kappa shape index (κ2) is 11.0.